The van der Waals surface area contributed by atoms with Crippen molar-refractivity contribution < 1.29 is 0 Å². The highest BCUT2D eigenvalue weighted by Gasteiger charge is 2.35. The lowest BCUT2D eigenvalue weighted by atomic mass is 9.79. The molecule has 1 aromatic carbocycles. The van der Waals surface area contributed by atoms with Gasteiger partial charge in [-0.2, -0.15) is 0 Å². The second-order valence-electron chi connectivity index (χ2n) is 4.32. The molecule has 0 saturated heterocycles. The number of rotatable bonds is 2. The Labute approximate surface area is 104 Å². The predicted octanol–water partition coefficient (Wildman–Crippen LogP) is 3.87. The SMILES string of the molecule is NCC1(c2ccc(Cl)cc2Br)CCCC1. The Hall–Kier alpha value is -0.0500. The highest BCUT2D eigenvalue weighted by molar-refractivity contribution is 9.10. The average Bonchev–Trinajstić information content (AvgIpc) is 2.67. The first kappa shape index (κ1) is 11.4. The molecule has 0 bridgehead atoms. The van der Waals surface area contributed by atoms with Gasteiger partial charge in [0.2, 0.25) is 0 Å². The van der Waals surface area contributed by atoms with Gasteiger partial charge in [-0.25, -0.2) is 0 Å². The summed E-state index contributed by atoms with van der Waals surface area (Å²) in [6.07, 6.45) is 4.96. The molecule has 0 amide bonds. The Bertz CT molecular complexity index is 359. The molecule has 0 unspecified atom stereocenters. The second-order valence-corrected chi connectivity index (χ2v) is 5.61. The molecule has 2 rings (SSSR count). The lowest BCUT2D eigenvalue weighted by Gasteiger charge is -2.29. The Morgan fingerprint density at radius 1 is 1.33 bits per heavy atom. The van der Waals surface area contributed by atoms with E-state index in [1.807, 2.05) is 12.1 Å². The highest BCUT2D eigenvalue weighted by Crippen LogP contribution is 2.43. The summed E-state index contributed by atoms with van der Waals surface area (Å²) < 4.78 is 1.10. The van der Waals surface area contributed by atoms with Gasteiger partial charge in [-0.15, -0.1) is 0 Å². The van der Waals surface area contributed by atoms with Crippen LogP contribution in [0.3, 0.4) is 0 Å². The molecule has 1 aliphatic rings. The summed E-state index contributed by atoms with van der Waals surface area (Å²) in [5.41, 5.74) is 7.46. The lowest BCUT2D eigenvalue weighted by Crippen LogP contribution is -2.32. The summed E-state index contributed by atoms with van der Waals surface area (Å²) in [6, 6.07) is 6.04. The zero-order valence-electron chi connectivity index (χ0n) is 8.60. The van der Waals surface area contributed by atoms with E-state index in [4.69, 9.17) is 17.3 Å². The van der Waals surface area contributed by atoms with Crippen molar-refractivity contribution >= 4 is 27.5 Å². The predicted molar refractivity (Wildman–Crippen MR) is 68.4 cm³/mol. The molecule has 0 radical (unpaired) electrons. The van der Waals surface area contributed by atoms with Gasteiger partial charge in [0.05, 0.1) is 0 Å². The third kappa shape index (κ3) is 2.08. The van der Waals surface area contributed by atoms with Gasteiger partial charge in [-0.05, 0) is 30.5 Å². The first-order valence-electron chi connectivity index (χ1n) is 5.33. The quantitative estimate of drug-likeness (QED) is 0.878. The maximum Gasteiger partial charge on any atom is 0.0417 e. The standard InChI is InChI=1S/C12H15BrClN/c13-11-7-9(14)3-4-10(11)12(8-15)5-1-2-6-12/h3-4,7H,1-2,5-6,8,15H2. The summed E-state index contributed by atoms with van der Waals surface area (Å²) in [5.74, 6) is 0. The fraction of sp³-hybridized carbons (Fsp3) is 0.500. The summed E-state index contributed by atoms with van der Waals surface area (Å²) in [4.78, 5) is 0. The van der Waals surface area contributed by atoms with Gasteiger partial charge in [0.15, 0.2) is 0 Å². The maximum atomic E-state index is 5.95. The molecular weight excluding hydrogens is 273 g/mol. The van der Waals surface area contributed by atoms with Crippen LogP contribution in [0.1, 0.15) is 31.2 Å². The van der Waals surface area contributed by atoms with Crippen LogP contribution in [0.15, 0.2) is 22.7 Å². The summed E-state index contributed by atoms with van der Waals surface area (Å²) in [7, 11) is 0. The van der Waals surface area contributed by atoms with Crippen LogP contribution in [-0.2, 0) is 5.41 Å². The van der Waals surface area contributed by atoms with E-state index in [1.54, 1.807) is 0 Å². The fourth-order valence-corrected chi connectivity index (χ4v) is 3.66. The minimum Gasteiger partial charge on any atom is -0.330 e. The van der Waals surface area contributed by atoms with Gasteiger partial charge in [0.1, 0.15) is 0 Å². The molecule has 0 aliphatic heterocycles. The van der Waals surface area contributed by atoms with Gasteiger partial charge in [0, 0.05) is 21.5 Å². The Kier molecular flexibility index (Phi) is 3.39. The zero-order valence-corrected chi connectivity index (χ0v) is 10.9. The molecule has 1 nitrogen and oxygen atoms in total. The Balaban J connectivity index is 2.42. The van der Waals surface area contributed by atoms with E-state index in [0.29, 0.717) is 0 Å². The average molecular weight is 289 g/mol. The molecule has 0 heterocycles. The monoisotopic (exact) mass is 287 g/mol. The third-order valence-electron chi connectivity index (χ3n) is 3.45. The van der Waals surface area contributed by atoms with Crippen LogP contribution in [0, 0.1) is 0 Å². The van der Waals surface area contributed by atoms with Crippen molar-refractivity contribution in [2.24, 2.45) is 5.73 Å². The van der Waals surface area contributed by atoms with Gasteiger partial charge in [0.25, 0.3) is 0 Å². The molecule has 0 spiro atoms. The Morgan fingerprint density at radius 3 is 2.53 bits per heavy atom. The minimum absolute atomic E-state index is 0.184. The van der Waals surface area contributed by atoms with Crippen molar-refractivity contribution in [2.45, 2.75) is 31.1 Å². The van der Waals surface area contributed by atoms with Gasteiger partial charge in [-0.3, -0.25) is 0 Å². The zero-order chi connectivity index (χ0) is 10.9. The van der Waals surface area contributed by atoms with E-state index in [0.717, 1.165) is 16.0 Å². The summed E-state index contributed by atoms with van der Waals surface area (Å²) in [5, 5.41) is 0.774. The molecule has 15 heavy (non-hydrogen) atoms. The molecule has 1 aliphatic carbocycles. The highest BCUT2D eigenvalue weighted by atomic mass is 79.9. The Morgan fingerprint density at radius 2 is 2.00 bits per heavy atom. The normalized spacial score (nSPS) is 19.4. The minimum atomic E-state index is 0.184. The smallest absolute Gasteiger partial charge is 0.0417 e. The van der Waals surface area contributed by atoms with E-state index in [9.17, 15) is 0 Å². The molecule has 82 valence electrons. The van der Waals surface area contributed by atoms with Crippen molar-refractivity contribution in [3.05, 3.63) is 33.3 Å². The van der Waals surface area contributed by atoms with Crippen LogP contribution in [0.25, 0.3) is 0 Å². The first-order chi connectivity index (χ1) is 7.18. The van der Waals surface area contributed by atoms with Crippen molar-refractivity contribution in [1.29, 1.82) is 0 Å². The molecule has 3 heteroatoms. The third-order valence-corrected chi connectivity index (χ3v) is 4.35. The number of hydrogen-bond acceptors (Lipinski definition) is 1. The van der Waals surface area contributed by atoms with Gasteiger partial charge >= 0.3 is 0 Å². The van der Waals surface area contributed by atoms with Crippen LogP contribution in [0.2, 0.25) is 5.02 Å². The maximum absolute atomic E-state index is 5.95. The molecule has 2 N–H and O–H groups in total. The van der Waals surface area contributed by atoms with E-state index in [-0.39, 0.29) is 5.41 Å². The van der Waals surface area contributed by atoms with Crippen molar-refractivity contribution in [1.82, 2.24) is 0 Å². The van der Waals surface area contributed by atoms with Gasteiger partial charge in [-0.1, -0.05) is 46.4 Å². The largest absolute Gasteiger partial charge is 0.330 e. The van der Waals surface area contributed by atoms with Crippen molar-refractivity contribution in [3.8, 4) is 0 Å². The van der Waals surface area contributed by atoms with E-state index < -0.39 is 0 Å². The first-order valence-corrected chi connectivity index (χ1v) is 6.51. The van der Waals surface area contributed by atoms with Gasteiger partial charge < -0.3 is 5.73 Å². The number of halogens is 2. The van der Waals surface area contributed by atoms with Crippen LogP contribution in [0.4, 0.5) is 0 Å². The topological polar surface area (TPSA) is 26.0 Å². The van der Waals surface area contributed by atoms with Crippen molar-refractivity contribution in [2.75, 3.05) is 6.54 Å². The summed E-state index contributed by atoms with van der Waals surface area (Å²) in [6.45, 7) is 0.729. The van der Waals surface area contributed by atoms with E-state index in [2.05, 4.69) is 22.0 Å². The second kappa shape index (κ2) is 4.44. The lowest BCUT2D eigenvalue weighted by molar-refractivity contribution is 0.451. The number of nitrogens with two attached hydrogens (primary N) is 1. The van der Waals surface area contributed by atoms with E-state index >= 15 is 0 Å². The number of hydrogen-bond donors (Lipinski definition) is 1. The fourth-order valence-electron chi connectivity index (χ4n) is 2.55. The number of benzene rings is 1. The summed E-state index contributed by atoms with van der Waals surface area (Å²) >= 11 is 9.54. The van der Waals surface area contributed by atoms with E-state index in [1.165, 1.54) is 31.2 Å². The van der Waals surface area contributed by atoms with Crippen LogP contribution in [0.5, 0.6) is 0 Å². The van der Waals surface area contributed by atoms with Crippen LogP contribution >= 0.6 is 27.5 Å². The van der Waals surface area contributed by atoms with Crippen LogP contribution < -0.4 is 5.73 Å². The molecule has 1 fully saturated rings. The molecule has 0 atom stereocenters. The molecule has 1 saturated carbocycles. The molecule has 1 aromatic rings. The molecule has 0 aromatic heterocycles. The van der Waals surface area contributed by atoms with Crippen molar-refractivity contribution in [3.63, 3.8) is 0 Å². The molecular formula is C12H15BrClN. The van der Waals surface area contributed by atoms with Crippen LogP contribution in [-0.4, -0.2) is 6.54 Å².